The highest BCUT2D eigenvalue weighted by molar-refractivity contribution is 5.72. The second kappa shape index (κ2) is 16.4. The minimum atomic E-state index is -0.946. The maximum Gasteiger partial charge on any atom is 0.333 e. The summed E-state index contributed by atoms with van der Waals surface area (Å²) in [4.78, 5) is 11.3. The van der Waals surface area contributed by atoms with E-state index in [9.17, 15) is 9.90 Å². The first kappa shape index (κ1) is 29.0. The Morgan fingerprint density at radius 3 is 2.47 bits per heavy atom. The number of ether oxygens (including phenoxy) is 4. The molecule has 2 rings (SSSR count). The number of carboxylic acids is 1. The van der Waals surface area contributed by atoms with Crippen LogP contribution in [0.5, 0.6) is 11.5 Å². The topological polar surface area (TPSA) is 74.2 Å². The van der Waals surface area contributed by atoms with E-state index < -0.39 is 12.1 Å². The first-order chi connectivity index (χ1) is 17.5. The summed E-state index contributed by atoms with van der Waals surface area (Å²) in [5.74, 6) is 2.14. The molecular weight excluding hydrogens is 456 g/mol. The number of benzene rings is 1. The van der Waals surface area contributed by atoms with Crippen molar-refractivity contribution in [3.63, 3.8) is 0 Å². The van der Waals surface area contributed by atoms with E-state index in [-0.39, 0.29) is 5.92 Å². The van der Waals surface area contributed by atoms with Crippen molar-refractivity contribution < 1.29 is 28.8 Å². The average Bonchev–Trinajstić information content (AvgIpc) is 3.14. The third-order valence-electron chi connectivity index (χ3n) is 5.78. The van der Waals surface area contributed by atoms with E-state index >= 15 is 0 Å². The number of hydrogen-bond donors (Lipinski definition) is 1. The van der Waals surface area contributed by atoms with E-state index in [1.54, 1.807) is 0 Å². The van der Waals surface area contributed by atoms with Gasteiger partial charge in [-0.05, 0) is 94.0 Å². The fourth-order valence-electron chi connectivity index (χ4n) is 3.76. The molecule has 1 N–H and O–H groups in total. The molecule has 0 radical (unpaired) electrons. The minimum absolute atomic E-state index is 0.151. The number of allylic oxidation sites excluding steroid dienone is 8. The van der Waals surface area contributed by atoms with Gasteiger partial charge in [-0.15, -0.1) is 0 Å². The van der Waals surface area contributed by atoms with Crippen LogP contribution in [0.3, 0.4) is 0 Å². The lowest BCUT2D eigenvalue weighted by Gasteiger charge is -2.19. The lowest BCUT2D eigenvalue weighted by atomic mass is 9.95. The molecular formula is C30H40O6. The van der Waals surface area contributed by atoms with Gasteiger partial charge in [-0.25, -0.2) is 4.79 Å². The molecule has 1 aromatic carbocycles. The molecule has 0 unspecified atom stereocenters. The van der Waals surface area contributed by atoms with Crippen LogP contribution < -0.4 is 9.47 Å². The summed E-state index contributed by atoms with van der Waals surface area (Å²) < 4.78 is 22.7. The Labute approximate surface area is 215 Å². The van der Waals surface area contributed by atoms with E-state index in [2.05, 4.69) is 12.2 Å². The Morgan fingerprint density at radius 1 is 1.06 bits per heavy atom. The molecule has 0 spiro atoms. The average molecular weight is 497 g/mol. The molecule has 1 aromatic rings. The maximum atomic E-state index is 11.3. The third kappa shape index (κ3) is 10.6. The van der Waals surface area contributed by atoms with Crippen LogP contribution >= 0.6 is 0 Å². The van der Waals surface area contributed by atoms with Crippen LogP contribution in [0.1, 0.15) is 52.9 Å². The summed E-state index contributed by atoms with van der Waals surface area (Å²) >= 11 is 0. The van der Waals surface area contributed by atoms with Crippen molar-refractivity contribution in [2.75, 3.05) is 20.3 Å². The SMILES string of the molecule is C\C=C(/C=C\C(=C/C)OCCCOc1ccc(OC2=CCCCC=C2)cc1)C[C@H](C)[C@H](OC)C(=O)O. The molecule has 0 aromatic heterocycles. The van der Waals surface area contributed by atoms with Crippen molar-refractivity contribution in [3.8, 4) is 11.5 Å². The van der Waals surface area contributed by atoms with Crippen LogP contribution in [0, 0.1) is 5.92 Å². The summed E-state index contributed by atoms with van der Waals surface area (Å²) in [7, 11) is 1.42. The Hall–Kier alpha value is -3.25. The molecule has 1 aliphatic rings. The van der Waals surface area contributed by atoms with Gasteiger partial charge in [-0.3, -0.25) is 0 Å². The third-order valence-corrected chi connectivity index (χ3v) is 5.78. The largest absolute Gasteiger partial charge is 0.494 e. The van der Waals surface area contributed by atoms with Gasteiger partial charge in [0.1, 0.15) is 23.0 Å². The number of carbonyl (C=O) groups is 1. The number of methoxy groups -OCH3 is 1. The molecule has 0 saturated heterocycles. The second-order valence-corrected chi connectivity index (χ2v) is 8.63. The van der Waals surface area contributed by atoms with Gasteiger partial charge in [0.2, 0.25) is 0 Å². The number of rotatable bonds is 15. The molecule has 0 bridgehead atoms. The van der Waals surface area contributed by atoms with Crippen molar-refractivity contribution in [1.82, 2.24) is 0 Å². The molecule has 0 saturated carbocycles. The fraction of sp³-hybridized carbons (Fsp3) is 0.433. The summed E-state index contributed by atoms with van der Waals surface area (Å²) in [6.45, 7) is 6.80. The standard InChI is InChI=1S/C30H40O6/c1-5-24(22-23(3)29(33-4)30(31)32)14-15-25(6-2)34-20-11-21-35-26-16-18-28(19-17-26)36-27-12-9-7-8-10-13-27/h5-6,9,12-19,23,29H,7-8,10-11,20-22H2,1-4H3,(H,31,32)/b15-14-,24-5+,25-6+/t23-,29-/m0/s1. The van der Waals surface area contributed by atoms with Crippen molar-refractivity contribution >= 4 is 5.97 Å². The summed E-state index contributed by atoms with van der Waals surface area (Å²) in [6.07, 6.45) is 17.8. The normalized spacial score (nSPS) is 16.3. The molecule has 6 nitrogen and oxygen atoms in total. The zero-order chi connectivity index (χ0) is 26.2. The highest BCUT2D eigenvalue weighted by Crippen LogP contribution is 2.22. The Morgan fingerprint density at radius 2 is 1.81 bits per heavy atom. The van der Waals surface area contributed by atoms with Crippen LogP contribution in [-0.4, -0.2) is 37.5 Å². The predicted molar refractivity (Wildman–Crippen MR) is 143 cm³/mol. The van der Waals surface area contributed by atoms with Gasteiger partial charge in [0.15, 0.2) is 6.10 Å². The van der Waals surface area contributed by atoms with Gasteiger partial charge >= 0.3 is 5.97 Å². The quantitative estimate of drug-likeness (QED) is 0.160. The highest BCUT2D eigenvalue weighted by atomic mass is 16.5. The van der Waals surface area contributed by atoms with Gasteiger partial charge in [0.25, 0.3) is 0 Å². The number of carboxylic acid groups (broad SMARTS) is 1. The monoisotopic (exact) mass is 496 g/mol. The van der Waals surface area contributed by atoms with Crippen molar-refractivity contribution in [2.24, 2.45) is 5.92 Å². The lowest BCUT2D eigenvalue weighted by Crippen LogP contribution is -2.29. The molecule has 0 heterocycles. The molecule has 0 aliphatic heterocycles. The Kier molecular flexibility index (Phi) is 13.2. The van der Waals surface area contributed by atoms with Gasteiger partial charge < -0.3 is 24.1 Å². The molecule has 196 valence electrons. The van der Waals surface area contributed by atoms with Crippen LogP contribution in [0.15, 0.2) is 83.9 Å². The minimum Gasteiger partial charge on any atom is -0.494 e. The molecule has 1 aliphatic carbocycles. The van der Waals surface area contributed by atoms with E-state index in [1.807, 2.05) is 75.4 Å². The molecule has 2 atom stereocenters. The second-order valence-electron chi connectivity index (χ2n) is 8.63. The fourth-order valence-corrected chi connectivity index (χ4v) is 3.76. The van der Waals surface area contributed by atoms with Crippen molar-refractivity contribution in [1.29, 1.82) is 0 Å². The van der Waals surface area contributed by atoms with Gasteiger partial charge in [0.05, 0.1) is 13.2 Å². The van der Waals surface area contributed by atoms with Crippen molar-refractivity contribution in [2.45, 2.75) is 59.0 Å². The smallest absolute Gasteiger partial charge is 0.333 e. The molecule has 0 fully saturated rings. The zero-order valence-electron chi connectivity index (χ0n) is 21.9. The van der Waals surface area contributed by atoms with E-state index in [0.29, 0.717) is 19.6 Å². The lowest BCUT2D eigenvalue weighted by molar-refractivity contribution is -0.151. The van der Waals surface area contributed by atoms with Gasteiger partial charge in [-0.1, -0.05) is 30.7 Å². The van der Waals surface area contributed by atoms with E-state index in [1.165, 1.54) is 7.11 Å². The zero-order valence-corrected chi connectivity index (χ0v) is 21.9. The molecule has 0 amide bonds. The molecule has 6 heteroatoms. The van der Waals surface area contributed by atoms with Gasteiger partial charge in [-0.2, -0.15) is 0 Å². The summed E-state index contributed by atoms with van der Waals surface area (Å²) in [5, 5.41) is 9.27. The van der Waals surface area contributed by atoms with E-state index in [0.717, 1.165) is 54.3 Å². The highest BCUT2D eigenvalue weighted by Gasteiger charge is 2.24. The maximum absolute atomic E-state index is 11.3. The summed E-state index contributed by atoms with van der Waals surface area (Å²) in [6, 6.07) is 7.66. The number of aliphatic carboxylic acids is 1. The van der Waals surface area contributed by atoms with E-state index in [4.69, 9.17) is 18.9 Å². The van der Waals surface area contributed by atoms with Crippen LogP contribution in [0.2, 0.25) is 0 Å². The Bertz CT molecular complexity index is 952. The first-order valence-corrected chi connectivity index (χ1v) is 12.6. The van der Waals surface area contributed by atoms with Crippen molar-refractivity contribution in [3.05, 3.63) is 83.9 Å². The summed E-state index contributed by atoms with van der Waals surface area (Å²) in [5.41, 5.74) is 1.02. The van der Waals surface area contributed by atoms with Crippen LogP contribution in [-0.2, 0) is 14.3 Å². The van der Waals surface area contributed by atoms with Crippen LogP contribution in [0.4, 0.5) is 0 Å². The molecule has 36 heavy (non-hydrogen) atoms. The first-order valence-electron chi connectivity index (χ1n) is 12.6. The van der Waals surface area contributed by atoms with Crippen LogP contribution in [0.25, 0.3) is 0 Å². The number of hydrogen-bond acceptors (Lipinski definition) is 5. The Balaban J connectivity index is 1.72. The van der Waals surface area contributed by atoms with Gasteiger partial charge in [0, 0.05) is 13.5 Å². The predicted octanol–water partition coefficient (Wildman–Crippen LogP) is 7.01.